The van der Waals surface area contributed by atoms with Crippen LogP contribution in [0.2, 0.25) is 0 Å². The summed E-state index contributed by atoms with van der Waals surface area (Å²) in [5.41, 5.74) is 2.52. The van der Waals surface area contributed by atoms with Gasteiger partial charge < -0.3 is 14.8 Å². The van der Waals surface area contributed by atoms with Gasteiger partial charge in [0, 0.05) is 23.5 Å². The Labute approximate surface area is 135 Å². The van der Waals surface area contributed by atoms with Gasteiger partial charge in [-0.25, -0.2) is 0 Å². The van der Waals surface area contributed by atoms with Gasteiger partial charge in [0.15, 0.2) is 6.29 Å². The lowest BCUT2D eigenvalue weighted by Gasteiger charge is -2.18. The van der Waals surface area contributed by atoms with Crippen LogP contribution in [0.25, 0.3) is 0 Å². The molecule has 120 valence electrons. The Bertz CT molecular complexity index is 654. The number of carbonyl (C=O) groups excluding carboxylic acids is 1. The SMILES string of the molecule is CC[C@@H](NC(=O)c1cccc(C2OCCO2)c1)c1ccncc1. The van der Waals surface area contributed by atoms with Gasteiger partial charge in [-0.2, -0.15) is 0 Å². The van der Waals surface area contributed by atoms with Crippen LogP contribution in [-0.4, -0.2) is 24.1 Å². The first-order valence-corrected chi connectivity index (χ1v) is 7.82. The van der Waals surface area contributed by atoms with Crippen molar-refractivity contribution < 1.29 is 14.3 Å². The van der Waals surface area contributed by atoms with E-state index >= 15 is 0 Å². The average Bonchev–Trinajstić information content (AvgIpc) is 3.15. The summed E-state index contributed by atoms with van der Waals surface area (Å²) in [4.78, 5) is 16.6. The molecule has 1 aliphatic heterocycles. The molecule has 1 amide bonds. The average molecular weight is 312 g/mol. The number of ether oxygens (including phenoxy) is 2. The molecule has 1 saturated heterocycles. The lowest BCUT2D eigenvalue weighted by atomic mass is 10.0. The molecule has 1 aromatic heterocycles. The number of benzene rings is 1. The molecule has 2 aromatic rings. The van der Waals surface area contributed by atoms with Gasteiger partial charge in [-0.3, -0.25) is 9.78 Å². The van der Waals surface area contributed by atoms with E-state index in [1.54, 1.807) is 18.5 Å². The van der Waals surface area contributed by atoms with Gasteiger partial charge in [0.05, 0.1) is 19.3 Å². The molecule has 0 spiro atoms. The van der Waals surface area contributed by atoms with Gasteiger partial charge in [0.25, 0.3) is 5.91 Å². The number of hydrogen-bond donors (Lipinski definition) is 1. The Hall–Kier alpha value is -2.24. The van der Waals surface area contributed by atoms with E-state index in [4.69, 9.17) is 9.47 Å². The highest BCUT2D eigenvalue weighted by Gasteiger charge is 2.20. The van der Waals surface area contributed by atoms with Gasteiger partial charge in [-0.05, 0) is 36.2 Å². The Morgan fingerprint density at radius 2 is 2.00 bits per heavy atom. The monoisotopic (exact) mass is 312 g/mol. The van der Waals surface area contributed by atoms with Crippen LogP contribution in [0, 0.1) is 0 Å². The molecule has 2 heterocycles. The second-order valence-electron chi connectivity index (χ2n) is 5.41. The predicted molar refractivity (Wildman–Crippen MR) is 85.8 cm³/mol. The highest BCUT2D eigenvalue weighted by Crippen LogP contribution is 2.24. The fraction of sp³-hybridized carbons (Fsp3) is 0.333. The van der Waals surface area contributed by atoms with Crippen LogP contribution in [0.4, 0.5) is 0 Å². The van der Waals surface area contributed by atoms with Crippen molar-refractivity contribution in [1.82, 2.24) is 10.3 Å². The zero-order chi connectivity index (χ0) is 16.1. The number of aromatic nitrogens is 1. The molecule has 3 rings (SSSR count). The van der Waals surface area contributed by atoms with Crippen molar-refractivity contribution in [2.24, 2.45) is 0 Å². The first-order chi connectivity index (χ1) is 11.3. The first kappa shape index (κ1) is 15.6. The summed E-state index contributed by atoms with van der Waals surface area (Å²) >= 11 is 0. The summed E-state index contributed by atoms with van der Waals surface area (Å²) in [5, 5.41) is 3.07. The summed E-state index contributed by atoms with van der Waals surface area (Å²) < 4.78 is 11.0. The third-order valence-electron chi connectivity index (χ3n) is 3.86. The number of rotatable bonds is 5. The molecule has 1 aromatic carbocycles. The van der Waals surface area contributed by atoms with Crippen molar-refractivity contribution >= 4 is 5.91 Å². The number of carbonyl (C=O) groups is 1. The molecule has 0 aliphatic carbocycles. The van der Waals surface area contributed by atoms with Gasteiger partial charge in [-0.1, -0.05) is 19.1 Å². The smallest absolute Gasteiger partial charge is 0.251 e. The van der Waals surface area contributed by atoms with Crippen molar-refractivity contribution in [3.05, 3.63) is 65.5 Å². The Morgan fingerprint density at radius 1 is 1.26 bits per heavy atom. The fourth-order valence-corrected chi connectivity index (χ4v) is 2.64. The Morgan fingerprint density at radius 3 is 2.70 bits per heavy atom. The molecule has 5 nitrogen and oxygen atoms in total. The molecule has 1 fully saturated rings. The molecule has 5 heteroatoms. The highest BCUT2D eigenvalue weighted by molar-refractivity contribution is 5.94. The van der Waals surface area contributed by atoms with Crippen LogP contribution in [0.3, 0.4) is 0 Å². The lowest BCUT2D eigenvalue weighted by Crippen LogP contribution is -2.28. The Kier molecular flexibility index (Phi) is 5.00. The summed E-state index contributed by atoms with van der Waals surface area (Å²) in [6.45, 7) is 3.21. The third kappa shape index (κ3) is 3.75. The molecule has 23 heavy (non-hydrogen) atoms. The maximum absolute atomic E-state index is 12.5. The highest BCUT2D eigenvalue weighted by atomic mass is 16.7. The normalized spacial score (nSPS) is 16.2. The maximum Gasteiger partial charge on any atom is 0.251 e. The molecular weight excluding hydrogens is 292 g/mol. The minimum Gasteiger partial charge on any atom is -0.346 e. The molecule has 1 atom stereocenters. The van der Waals surface area contributed by atoms with Crippen LogP contribution < -0.4 is 5.32 Å². The van der Waals surface area contributed by atoms with E-state index in [0.717, 1.165) is 17.5 Å². The standard InChI is InChI=1S/C18H20N2O3/c1-2-16(13-6-8-19-9-7-13)20-17(21)14-4-3-5-15(12-14)18-22-10-11-23-18/h3-9,12,16,18H,2,10-11H2,1H3,(H,20,21)/t16-/m1/s1. The molecule has 0 bridgehead atoms. The number of nitrogens with one attached hydrogen (secondary N) is 1. The summed E-state index contributed by atoms with van der Waals surface area (Å²) in [6, 6.07) is 11.2. The molecular formula is C18H20N2O3. The van der Waals surface area contributed by atoms with E-state index < -0.39 is 0 Å². The maximum atomic E-state index is 12.5. The minimum atomic E-state index is -0.370. The van der Waals surface area contributed by atoms with Gasteiger partial charge in [-0.15, -0.1) is 0 Å². The quantitative estimate of drug-likeness (QED) is 0.922. The topological polar surface area (TPSA) is 60.5 Å². The lowest BCUT2D eigenvalue weighted by molar-refractivity contribution is -0.0441. The van der Waals surface area contributed by atoms with Crippen LogP contribution in [0.5, 0.6) is 0 Å². The fourth-order valence-electron chi connectivity index (χ4n) is 2.64. The van der Waals surface area contributed by atoms with Crippen molar-refractivity contribution in [2.45, 2.75) is 25.7 Å². The largest absolute Gasteiger partial charge is 0.346 e. The van der Waals surface area contributed by atoms with Crippen molar-refractivity contribution in [3.8, 4) is 0 Å². The van der Waals surface area contributed by atoms with Gasteiger partial charge in [0.2, 0.25) is 0 Å². The van der Waals surface area contributed by atoms with E-state index in [0.29, 0.717) is 18.8 Å². The molecule has 0 saturated carbocycles. The van der Waals surface area contributed by atoms with E-state index in [1.807, 2.05) is 37.3 Å². The Balaban J connectivity index is 1.73. The summed E-state index contributed by atoms with van der Waals surface area (Å²) in [6.07, 6.45) is 3.91. The first-order valence-electron chi connectivity index (χ1n) is 7.82. The molecule has 1 aliphatic rings. The van der Waals surface area contributed by atoms with E-state index in [-0.39, 0.29) is 18.2 Å². The zero-order valence-corrected chi connectivity index (χ0v) is 13.1. The molecule has 1 N–H and O–H groups in total. The van der Waals surface area contributed by atoms with E-state index in [2.05, 4.69) is 10.3 Å². The predicted octanol–water partition coefficient (Wildman–Crippen LogP) is 3.01. The molecule has 0 radical (unpaired) electrons. The number of amides is 1. The minimum absolute atomic E-state index is 0.0341. The van der Waals surface area contributed by atoms with E-state index in [9.17, 15) is 4.79 Å². The number of nitrogens with zero attached hydrogens (tertiary/aromatic N) is 1. The van der Waals surface area contributed by atoms with Gasteiger partial charge in [0.1, 0.15) is 0 Å². The van der Waals surface area contributed by atoms with Crippen LogP contribution >= 0.6 is 0 Å². The van der Waals surface area contributed by atoms with Crippen LogP contribution in [-0.2, 0) is 9.47 Å². The van der Waals surface area contributed by atoms with Crippen molar-refractivity contribution in [3.63, 3.8) is 0 Å². The number of hydrogen-bond acceptors (Lipinski definition) is 4. The van der Waals surface area contributed by atoms with Crippen molar-refractivity contribution in [1.29, 1.82) is 0 Å². The summed E-state index contributed by atoms with van der Waals surface area (Å²) in [5.74, 6) is -0.103. The van der Waals surface area contributed by atoms with E-state index in [1.165, 1.54) is 0 Å². The zero-order valence-electron chi connectivity index (χ0n) is 13.1. The second kappa shape index (κ2) is 7.35. The van der Waals surface area contributed by atoms with Crippen molar-refractivity contribution in [2.75, 3.05) is 13.2 Å². The second-order valence-corrected chi connectivity index (χ2v) is 5.41. The van der Waals surface area contributed by atoms with Crippen LogP contribution in [0.15, 0.2) is 48.8 Å². The van der Waals surface area contributed by atoms with Crippen LogP contribution in [0.1, 0.15) is 47.2 Å². The molecule has 0 unspecified atom stereocenters. The van der Waals surface area contributed by atoms with Gasteiger partial charge >= 0.3 is 0 Å². The third-order valence-corrected chi connectivity index (χ3v) is 3.86. The number of pyridine rings is 1. The summed E-state index contributed by atoms with van der Waals surface area (Å²) in [7, 11) is 0.